The fourth-order valence-corrected chi connectivity index (χ4v) is 4.55. The van der Waals surface area contributed by atoms with Gasteiger partial charge in [-0.2, -0.15) is 0 Å². The first-order valence-corrected chi connectivity index (χ1v) is 10.9. The summed E-state index contributed by atoms with van der Waals surface area (Å²) in [7, 11) is 1.62. The molecule has 3 aliphatic heterocycles. The Morgan fingerprint density at radius 2 is 1.91 bits per heavy atom. The van der Waals surface area contributed by atoms with Crippen LogP contribution in [0.3, 0.4) is 0 Å². The van der Waals surface area contributed by atoms with Crippen LogP contribution in [0.1, 0.15) is 32.8 Å². The SMILES string of the molecule is CCOC(=O)CCN1C(=O)C2C(N=C3N(c4cccc(Cl)c4C)C(C)=C(C)N32)N(C)C1=O. The number of guanidine groups is 1. The summed E-state index contributed by atoms with van der Waals surface area (Å²) in [4.78, 5) is 49.4. The Labute approximate surface area is 191 Å². The smallest absolute Gasteiger partial charge is 0.328 e. The van der Waals surface area contributed by atoms with Crippen LogP contribution < -0.4 is 4.90 Å². The molecule has 4 rings (SSSR count). The average Bonchev–Trinajstić information content (AvgIpc) is 3.25. The number of ether oxygens (including phenoxy) is 1. The van der Waals surface area contributed by atoms with Crippen molar-refractivity contribution >= 4 is 41.2 Å². The zero-order chi connectivity index (χ0) is 23.3. The van der Waals surface area contributed by atoms with E-state index in [1.807, 2.05) is 48.8 Å². The van der Waals surface area contributed by atoms with Gasteiger partial charge in [0.15, 0.2) is 12.2 Å². The average molecular weight is 460 g/mol. The van der Waals surface area contributed by atoms with E-state index < -0.39 is 24.2 Å². The van der Waals surface area contributed by atoms with E-state index in [4.69, 9.17) is 21.3 Å². The first kappa shape index (κ1) is 22.1. The maximum Gasteiger partial charge on any atom is 0.328 e. The molecule has 1 saturated heterocycles. The summed E-state index contributed by atoms with van der Waals surface area (Å²) in [5.41, 5.74) is 3.57. The second kappa shape index (κ2) is 8.12. The second-order valence-corrected chi connectivity index (χ2v) is 8.39. The maximum atomic E-state index is 13.4. The fraction of sp³-hybridized carbons (Fsp3) is 0.455. The monoisotopic (exact) mass is 459 g/mol. The number of aliphatic imine (C=N–C) groups is 1. The first-order valence-electron chi connectivity index (χ1n) is 10.5. The van der Waals surface area contributed by atoms with Crippen LogP contribution in [0, 0.1) is 6.92 Å². The summed E-state index contributed by atoms with van der Waals surface area (Å²) in [6.07, 6.45) is -0.708. The van der Waals surface area contributed by atoms with Gasteiger partial charge in [-0.05, 0) is 45.4 Å². The van der Waals surface area contributed by atoms with Gasteiger partial charge in [-0.1, -0.05) is 17.7 Å². The molecule has 1 aromatic carbocycles. The summed E-state index contributed by atoms with van der Waals surface area (Å²) < 4.78 is 4.94. The van der Waals surface area contributed by atoms with Gasteiger partial charge in [0.25, 0.3) is 5.91 Å². The molecule has 2 unspecified atom stereocenters. The van der Waals surface area contributed by atoms with E-state index in [2.05, 4.69) is 0 Å². The predicted octanol–water partition coefficient (Wildman–Crippen LogP) is 2.93. The highest BCUT2D eigenvalue weighted by atomic mass is 35.5. The summed E-state index contributed by atoms with van der Waals surface area (Å²) in [6, 6.07) is 4.47. The number of carbonyl (C=O) groups is 3. The molecule has 1 aromatic rings. The highest BCUT2D eigenvalue weighted by molar-refractivity contribution is 6.32. The van der Waals surface area contributed by atoms with Crippen LogP contribution in [-0.2, 0) is 14.3 Å². The van der Waals surface area contributed by atoms with E-state index in [0.29, 0.717) is 11.0 Å². The lowest BCUT2D eigenvalue weighted by Gasteiger charge is -2.40. The Morgan fingerprint density at radius 3 is 2.59 bits per heavy atom. The summed E-state index contributed by atoms with van der Waals surface area (Å²) in [5, 5.41) is 0.635. The molecule has 3 heterocycles. The lowest BCUT2D eigenvalue weighted by Crippen LogP contribution is -2.64. The molecule has 0 N–H and O–H groups in total. The van der Waals surface area contributed by atoms with Gasteiger partial charge in [0, 0.05) is 30.0 Å². The Hall–Kier alpha value is -3.07. The summed E-state index contributed by atoms with van der Waals surface area (Å²) in [6.45, 7) is 7.75. The van der Waals surface area contributed by atoms with Crippen molar-refractivity contribution in [2.45, 2.75) is 46.3 Å². The number of amides is 3. The summed E-state index contributed by atoms with van der Waals surface area (Å²) >= 11 is 6.36. The van der Waals surface area contributed by atoms with E-state index in [9.17, 15) is 14.4 Å². The van der Waals surface area contributed by atoms with E-state index >= 15 is 0 Å². The van der Waals surface area contributed by atoms with Gasteiger partial charge in [0.05, 0.1) is 18.7 Å². The first-order chi connectivity index (χ1) is 15.2. The third-order valence-electron chi connectivity index (χ3n) is 6.22. The molecule has 170 valence electrons. The molecular weight excluding hydrogens is 434 g/mol. The molecule has 9 nitrogen and oxygen atoms in total. The Balaban J connectivity index is 1.68. The van der Waals surface area contributed by atoms with Crippen molar-refractivity contribution < 1.29 is 19.1 Å². The van der Waals surface area contributed by atoms with E-state index in [1.54, 1.807) is 14.0 Å². The van der Waals surface area contributed by atoms with Crippen molar-refractivity contribution in [1.82, 2.24) is 14.7 Å². The number of fused-ring (bicyclic) bond motifs is 3. The lowest BCUT2D eigenvalue weighted by molar-refractivity contribution is -0.144. The van der Waals surface area contributed by atoms with Crippen LogP contribution in [0.15, 0.2) is 34.6 Å². The number of nitrogens with zero attached hydrogens (tertiary/aromatic N) is 5. The molecule has 0 bridgehead atoms. The highest BCUT2D eigenvalue weighted by Gasteiger charge is 2.56. The van der Waals surface area contributed by atoms with Crippen LogP contribution in [0.4, 0.5) is 10.5 Å². The quantitative estimate of drug-likeness (QED) is 0.629. The molecule has 0 aromatic heterocycles. The van der Waals surface area contributed by atoms with E-state index in [-0.39, 0.29) is 25.5 Å². The fourth-order valence-electron chi connectivity index (χ4n) is 4.38. The van der Waals surface area contributed by atoms with Crippen LogP contribution in [0.2, 0.25) is 5.02 Å². The van der Waals surface area contributed by atoms with Crippen molar-refractivity contribution in [1.29, 1.82) is 0 Å². The number of anilines is 1. The molecule has 1 fully saturated rings. The minimum Gasteiger partial charge on any atom is -0.466 e. The van der Waals surface area contributed by atoms with Gasteiger partial charge in [-0.3, -0.25) is 24.3 Å². The van der Waals surface area contributed by atoms with Crippen molar-refractivity contribution in [2.75, 3.05) is 25.1 Å². The Kier molecular flexibility index (Phi) is 5.62. The zero-order valence-electron chi connectivity index (χ0n) is 18.8. The molecule has 3 aliphatic rings. The molecule has 3 amide bonds. The summed E-state index contributed by atoms with van der Waals surface area (Å²) in [5.74, 6) is -0.240. The van der Waals surface area contributed by atoms with E-state index in [0.717, 1.165) is 27.5 Å². The predicted molar refractivity (Wildman–Crippen MR) is 120 cm³/mol. The number of hydrogen-bond donors (Lipinski definition) is 0. The Morgan fingerprint density at radius 1 is 1.19 bits per heavy atom. The number of benzene rings is 1. The van der Waals surface area contributed by atoms with Crippen LogP contribution in [0.5, 0.6) is 0 Å². The molecule has 0 saturated carbocycles. The number of esters is 1. The maximum absolute atomic E-state index is 13.4. The molecule has 0 spiro atoms. The molecule has 0 aliphatic carbocycles. The lowest BCUT2D eigenvalue weighted by atomic mass is 10.1. The van der Waals surface area contributed by atoms with Crippen LogP contribution >= 0.6 is 11.6 Å². The number of hydrogen-bond acceptors (Lipinski definition) is 7. The van der Waals surface area contributed by atoms with Gasteiger partial charge in [-0.25, -0.2) is 9.79 Å². The van der Waals surface area contributed by atoms with Gasteiger partial charge in [0.1, 0.15) is 0 Å². The Bertz CT molecular complexity index is 1070. The van der Waals surface area contributed by atoms with Crippen molar-refractivity contribution in [3.63, 3.8) is 0 Å². The van der Waals surface area contributed by atoms with Crippen LogP contribution in [-0.4, -0.2) is 71.0 Å². The number of carbonyl (C=O) groups excluding carboxylic acids is 3. The highest BCUT2D eigenvalue weighted by Crippen LogP contribution is 2.41. The van der Waals surface area contributed by atoms with Crippen molar-refractivity contribution in [2.24, 2.45) is 4.99 Å². The minimum atomic E-state index is -0.700. The molecule has 10 heteroatoms. The largest absolute Gasteiger partial charge is 0.466 e. The topological polar surface area (TPSA) is 85.8 Å². The van der Waals surface area contributed by atoms with Crippen LogP contribution in [0.25, 0.3) is 0 Å². The van der Waals surface area contributed by atoms with Gasteiger partial charge < -0.3 is 9.64 Å². The minimum absolute atomic E-state index is 0.0356. The third-order valence-corrected chi connectivity index (χ3v) is 6.63. The van der Waals surface area contributed by atoms with Gasteiger partial charge >= 0.3 is 12.0 Å². The second-order valence-electron chi connectivity index (χ2n) is 7.99. The standard InChI is InChI=1S/C22H26ClN5O4/c1-6-32-17(29)10-11-26-20(30)18-19(25(5)22(26)31)24-21-27(13(3)14(4)28(18)21)16-9-7-8-15(23)12(16)2/h7-9,18-19H,6,10-11H2,1-5H3. The van der Waals surface area contributed by atoms with Gasteiger partial charge in [-0.15, -0.1) is 0 Å². The number of rotatable bonds is 5. The number of imide groups is 1. The number of likely N-dealkylation sites (N-methyl/N-ethyl adjacent to an activating group) is 1. The van der Waals surface area contributed by atoms with Crippen molar-refractivity contribution in [3.05, 3.63) is 40.2 Å². The van der Waals surface area contributed by atoms with E-state index in [1.165, 1.54) is 4.90 Å². The molecule has 32 heavy (non-hydrogen) atoms. The molecule has 2 atom stereocenters. The number of halogens is 1. The number of urea groups is 1. The van der Waals surface area contributed by atoms with Crippen molar-refractivity contribution in [3.8, 4) is 0 Å². The number of allylic oxidation sites excluding steroid dienone is 2. The zero-order valence-corrected chi connectivity index (χ0v) is 19.5. The third kappa shape index (κ3) is 3.23. The van der Waals surface area contributed by atoms with Gasteiger partial charge in [0.2, 0.25) is 5.96 Å². The molecule has 0 radical (unpaired) electrons. The molecular formula is C22H26ClN5O4. The normalized spacial score (nSPS) is 22.5.